The molecule has 0 heterocycles. The molecule has 0 aliphatic heterocycles. The van der Waals surface area contributed by atoms with Crippen molar-refractivity contribution in [1.29, 1.82) is 0 Å². The molecule has 1 amide bonds. The number of benzene rings is 1. The molecule has 1 aromatic rings. The van der Waals surface area contributed by atoms with Gasteiger partial charge in [-0.05, 0) is 31.0 Å². The molecule has 0 atom stereocenters. The molecular formula is C15H24N2O2. The second kappa shape index (κ2) is 7.79. The first-order chi connectivity index (χ1) is 9.10. The van der Waals surface area contributed by atoms with E-state index in [0.29, 0.717) is 24.4 Å². The van der Waals surface area contributed by atoms with Crippen molar-refractivity contribution in [2.75, 3.05) is 32.5 Å². The lowest BCUT2D eigenvalue weighted by Crippen LogP contribution is -2.35. The van der Waals surface area contributed by atoms with Crippen LogP contribution in [0.25, 0.3) is 0 Å². The summed E-state index contributed by atoms with van der Waals surface area (Å²) < 4.78 is 5.07. The Kier molecular flexibility index (Phi) is 6.36. The van der Waals surface area contributed by atoms with Gasteiger partial charge in [0.25, 0.3) is 5.91 Å². The first-order valence-electron chi connectivity index (χ1n) is 6.74. The molecule has 0 bridgehead atoms. The second-order valence-electron chi connectivity index (χ2n) is 4.71. The van der Waals surface area contributed by atoms with Crippen LogP contribution in [0.15, 0.2) is 18.2 Å². The number of rotatable bonds is 7. The number of hydrogen-bond acceptors (Lipinski definition) is 3. The topological polar surface area (TPSA) is 55.6 Å². The normalized spacial score (nSPS) is 10.5. The average Bonchev–Trinajstić information content (AvgIpc) is 2.41. The SMILES string of the molecule is CCCCN(CCOC)C(=O)c1cc(N)ccc1C. The molecule has 4 heteroatoms. The highest BCUT2D eigenvalue weighted by atomic mass is 16.5. The Morgan fingerprint density at radius 2 is 2.11 bits per heavy atom. The van der Waals surface area contributed by atoms with Crippen LogP contribution in [0.3, 0.4) is 0 Å². The van der Waals surface area contributed by atoms with Gasteiger partial charge in [0.1, 0.15) is 0 Å². The summed E-state index contributed by atoms with van der Waals surface area (Å²) in [5, 5.41) is 0. The number of unbranched alkanes of at least 4 members (excludes halogenated alkanes) is 1. The van der Waals surface area contributed by atoms with E-state index in [1.807, 2.05) is 24.0 Å². The molecular weight excluding hydrogens is 240 g/mol. The summed E-state index contributed by atoms with van der Waals surface area (Å²) in [7, 11) is 1.65. The molecule has 0 fully saturated rings. The average molecular weight is 264 g/mol. The summed E-state index contributed by atoms with van der Waals surface area (Å²) in [5.74, 6) is 0.0373. The quantitative estimate of drug-likeness (QED) is 0.770. The molecule has 1 rings (SSSR count). The maximum absolute atomic E-state index is 12.5. The molecule has 19 heavy (non-hydrogen) atoms. The Hall–Kier alpha value is -1.55. The van der Waals surface area contributed by atoms with E-state index >= 15 is 0 Å². The highest BCUT2D eigenvalue weighted by Crippen LogP contribution is 2.15. The summed E-state index contributed by atoms with van der Waals surface area (Å²) in [6.07, 6.45) is 2.06. The van der Waals surface area contributed by atoms with Crippen LogP contribution >= 0.6 is 0 Å². The molecule has 0 saturated carbocycles. The van der Waals surface area contributed by atoms with Crippen molar-refractivity contribution in [3.05, 3.63) is 29.3 Å². The minimum Gasteiger partial charge on any atom is -0.399 e. The Labute approximate surface area is 115 Å². The fourth-order valence-corrected chi connectivity index (χ4v) is 1.91. The highest BCUT2D eigenvalue weighted by molar-refractivity contribution is 5.96. The number of nitrogens with zero attached hydrogens (tertiary/aromatic N) is 1. The zero-order valence-corrected chi connectivity index (χ0v) is 12.1. The van der Waals surface area contributed by atoms with Gasteiger partial charge in [0.2, 0.25) is 0 Å². The number of nitrogens with two attached hydrogens (primary N) is 1. The van der Waals surface area contributed by atoms with E-state index in [1.165, 1.54) is 0 Å². The second-order valence-corrected chi connectivity index (χ2v) is 4.71. The number of aryl methyl sites for hydroxylation is 1. The molecule has 0 spiro atoms. The van der Waals surface area contributed by atoms with Gasteiger partial charge in [-0.25, -0.2) is 0 Å². The van der Waals surface area contributed by atoms with Gasteiger partial charge in [0.15, 0.2) is 0 Å². The number of nitrogen functional groups attached to an aromatic ring is 1. The Morgan fingerprint density at radius 3 is 2.74 bits per heavy atom. The fraction of sp³-hybridized carbons (Fsp3) is 0.533. The van der Waals surface area contributed by atoms with E-state index < -0.39 is 0 Å². The highest BCUT2D eigenvalue weighted by Gasteiger charge is 2.17. The maximum Gasteiger partial charge on any atom is 0.254 e. The number of ether oxygens (including phenoxy) is 1. The number of carbonyl (C=O) groups is 1. The first-order valence-corrected chi connectivity index (χ1v) is 6.74. The molecule has 1 aromatic carbocycles. The number of hydrogen-bond donors (Lipinski definition) is 1. The van der Waals surface area contributed by atoms with Crippen LogP contribution in [0.2, 0.25) is 0 Å². The third kappa shape index (κ3) is 4.56. The lowest BCUT2D eigenvalue weighted by Gasteiger charge is -2.23. The van der Waals surface area contributed by atoms with Gasteiger partial charge in [-0.1, -0.05) is 19.4 Å². The molecule has 0 radical (unpaired) electrons. The van der Waals surface area contributed by atoms with Crippen molar-refractivity contribution in [3.63, 3.8) is 0 Å². The zero-order chi connectivity index (χ0) is 14.3. The van der Waals surface area contributed by atoms with Crippen LogP contribution in [-0.4, -0.2) is 37.6 Å². The van der Waals surface area contributed by atoms with Crippen molar-refractivity contribution in [1.82, 2.24) is 4.90 Å². The minimum absolute atomic E-state index is 0.0373. The summed E-state index contributed by atoms with van der Waals surface area (Å²) >= 11 is 0. The van der Waals surface area contributed by atoms with Gasteiger partial charge in [-0.2, -0.15) is 0 Å². The predicted octanol–water partition coefficient (Wildman–Crippen LogP) is 2.47. The van der Waals surface area contributed by atoms with E-state index in [-0.39, 0.29) is 5.91 Å². The van der Waals surface area contributed by atoms with Crippen molar-refractivity contribution < 1.29 is 9.53 Å². The smallest absolute Gasteiger partial charge is 0.254 e. The zero-order valence-electron chi connectivity index (χ0n) is 12.1. The van der Waals surface area contributed by atoms with E-state index in [4.69, 9.17) is 10.5 Å². The Bertz CT molecular complexity index is 411. The molecule has 0 aromatic heterocycles. The van der Waals surface area contributed by atoms with Crippen LogP contribution in [0.5, 0.6) is 0 Å². The summed E-state index contributed by atoms with van der Waals surface area (Å²) in [4.78, 5) is 14.4. The van der Waals surface area contributed by atoms with Gasteiger partial charge in [0, 0.05) is 31.5 Å². The summed E-state index contributed by atoms with van der Waals surface area (Å²) in [6, 6.07) is 5.46. The van der Waals surface area contributed by atoms with Crippen molar-refractivity contribution in [3.8, 4) is 0 Å². The van der Waals surface area contributed by atoms with E-state index in [0.717, 1.165) is 24.9 Å². The molecule has 106 valence electrons. The van der Waals surface area contributed by atoms with E-state index in [9.17, 15) is 4.79 Å². The Morgan fingerprint density at radius 1 is 1.37 bits per heavy atom. The van der Waals surface area contributed by atoms with Crippen LogP contribution in [-0.2, 0) is 4.74 Å². The van der Waals surface area contributed by atoms with Crippen LogP contribution in [0.4, 0.5) is 5.69 Å². The van der Waals surface area contributed by atoms with Crippen molar-refractivity contribution >= 4 is 11.6 Å². The Balaban J connectivity index is 2.87. The number of methoxy groups -OCH3 is 1. The molecule has 4 nitrogen and oxygen atoms in total. The number of amides is 1. The summed E-state index contributed by atoms with van der Waals surface area (Å²) in [5.41, 5.74) is 8.04. The van der Waals surface area contributed by atoms with E-state index in [1.54, 1.807) is 13.2 Å². The van der Waals surface area contributed by atoms with Gasteiger partial charge in [0.05, 0.1) is 6.61 Å². The molecule has 0 aliphatic carbocycles. The fourth-order valence-electron chi connectivity index (χ4n) is 1.91. The molecule has 2 N–H and O–H groups in total. The lowest BCUT2D eigenvalue weighted by atomic mass is 10.1. The molecule has 0 saturated heterocycles. The minimum atomic E-state index is 0.0373. The number of anilines is 1. The lowest BCUT2D eigenvalue weighted by molar-refractivity contribution is 0.0692. The van der Waals surface area contributed by atoms with Gasteiger partial charge in [-0.3, -0.25) is 4.79 Å². The summed E-state index contributed by atoms with van der Waals surface area (Å²) in [6.45, 7) is 5.97. The van der Waals surface area contributed by atoms with E-state index in [2.05, 4.69) is 6.92 Å². The maximum atomic E-state index is 12.5. The van der Waals surface area contributed by atoms with Crippen LogP contribution in [0.1, 0.15) is 35.7 Å². The van der Waals surface area contributed by atoms with Gasteiger partial charge in [-0.15, -0.1) is 0 Å². The van der Waals surface area contributed by atoms with Crippen LogP contribution in [0, 0.1) is 6.92 Å². The van der Waals surface area contributed by atoms with Crippen molar-refractivity contribution in [2.24, 2.45) is 0 Å². The van der Waals surface area contributed by atoms with Crippen molar-refractivity contribution in [2.45, 2.75) is 26.7 Å². The number of carbonyl (C=O) groups excluding carboxylic acids is 1. The first kappa shape index (κ1) is 15.5. The molecule has 0 unspecified atom stereocenters. The third-order valence-corrected chi connectivity index (χ3v) is 3.13. The standard InChI is InChI=1S/C15H24N2O2/c1-4-5-8-17(9-10-19-3)15(18)14-11-13(16)7-6-12(14)2/h6-7,11H,4-5,8-10,16H2,1-3H3. The third-order valence-electron chi connectivity index (χ3n) is 3.13. The largest absolute Gasteiger partial charge is 0.399 e. The van der Waals surface area contributed by atoms with Gasteiger partial charge >= 0.3 is 0 Å². The van der Waals surface area contributed by atoms with Gasteiger partial charge < -0.3 is 15.4 Å². The van der Waals surface area contributed by atoms with Crippen LogP contribution < -0.4 is 5.73 Å². The predicted molar refractivity (Wildman–Crippen MR) is 78.3 cm³/mol. The monoisotopic (exact) mass is 264 g/mol. The molecule has 0 aliphatic rings.